The molecule has 0 fully saturated rings. The highest BCUT2D eigenvalue weighted by Gasteiger charge is 2.34. The van der Waals surface area contributed by atoms with Crippen LogP contribution in [0.2, 0.25) is 5.15 Å². The molecule has 0 radical (unpaired) electrons. The molecule has 3 aromatic carbocycles. The van der Waals surface area contributed by atoms with Crippen molar-refractivity contribution in [3.8, 4) is 11.8 Å². The Kier molecular flexibility index (Phi) is 3.94. The Hall–Kier alpha value is -3.55. The van der Waals surface area contributed by atoms with E-state index in [2.05, 4.69) is 11.1 Å². The summed E-state index contributed by atoms with van der Waals surface area (Å²) in [6.07, 6.45) is 0. The summed E-state index contributed by atoms with van der Waals surface area (Å²) >= 11 is 6.65. The second-order valence-electron chi connectivity index (χ2n) is 7.19. The second kappa shape index (κ2) is 6.51. The predicted molar refractivity (Wildman–Crippen MR) is 115 cm³/mol. The third-order valence-corrected chi connectivity index (χ3v) is 5.68. The highest BCUT2D eigenvalue weighted by molar-refractivity contribution is 6.30. The zero-order chi connectivity index (χ0) is 20.1. The van der Waals surface area contributed by atoms with Gasteiger partial charge in [-0.3, -0.25) is 0 Å². The van der Waals surface area contributed by atoms with Crippen molar-refractivity contribution in [1.82, 2.24) is 4.98 Å². The monoisotopic (exact) mass is 397 g/mol. The molecule has 0 saturated carbocycles. The molecule has 0 saturated heterocycles. The largest absolute Gasteiger partial charge is 0.440 e. The maximum Gasteiger partial charge on any atom is 0.205 e. The van der Waals surface area contributed by atoms with E-state index in [-0.39, 0.29) is 5.88 Å². The number of ether oxygens (including phenoxy) is 1. The standard InChI is InChI=1S/C24H16ClN3O/c1-13-6-7-15-11-17(23(25)28-19(15)10-13)21-18(12-26)24(27)29-20-9-8-14-4-2-3-5-16(14)22(20)21/h2-11,21H,27H2,1H3/t21-/m1/s1. The van der Waals surface area contributed by atoms with Crippen LogP contribution in [-0.2, 0) is 0 Å². The number of allylic oxidation sites excluding steroid dienone is 1. The highest BCUT2D eigenvalue weighted by atomic mass is 35.5. The first-order chi connectivity index (χ1) is 14.1. The van der Waals surface area contributed by atoms with Crippen molar-refractivity contribution in [3.05, 3.63) is 94.0 Å². The number of nitrogens with zero attached hydrogens (tertiary/aromatic N) is 2. The fourth-order valence-corrected chi connectivity index (χ4v) is 4.28. The Labute approximate surface area is 172 Å². The first-order valence-electron chi connectivity index (χ1n) is 9.23. The molecule has 1 atom stereocenters. The maximum atomic E-state index is 9.90. The van der Waals surface area contributed by atoms with E-state index in [1.54, 1.807) is 0 Å². The van der Waals surface area contributed by atoms with E-state index in [4.69, 9.17) is 22.1 Å². The number of fused-ring (bicyclic) bond motifs is 4. The zero-order valence-electron chi connectivity index (χ0n) is 15.6. The predicted octanol–water partition coefficient (Wildman–Crippen LogP) is 5.57. The molecule has 0 bridgehead atoms. The van der Waals surface area contributed by atoms with E-state index >= 15 is 0 Å². The lowest BCUT2D eigenvalue weighted by Crippen LogP contribution is -2.21. The average Bonchev–Trinajstić information content (AvgIpc) is 2.72. The van der Waals surface area contributed by atoms with Crippen LogP contribution >= 0.6 is 11.6 Å². The number of nitriles is 1. The number of aryl methyl sites for hydroxylation is 1. The minimum atomic E-state index is -0.458. The molecule has 0 spiro atoms. The van der Waals surface area contributed by atoms with E-state index in [1.165, 1.54) is 0 Å². The molecule has 0 aliphatic carbocycles. The highest BCUT2D eigenvalue weighted by Crippen LogP contribution is 2.47. The fourth-order valence-electron chi connectivity index (χ4n) is 4.03. The lowest BCUT2D eigenvalue weighted by molar-refractivity contribution is 0.395. The number of benzene rings is 3. The van der Waals surface area contributed by atoms with Crippen molar-refractivity contribution in [2.24, 2.45) is 5.73 Å². The van der Waals surface area contributed by atoms with Gasteiger partial charge in [0.2, 0.25) is 5.88 Å². The van der Waals surface area contributed by atoms with Gasteiger partial charge in [0.15, 0.2) is 0 Å². The lowest BCUT2D eigenvalue weighted by atomic mass is 9.81. The maximum absolute atomic E-state index is 9.90. The summed E-state index contributed by atoms with van der Waals surface area (Å²) < 4.78 is 5.81. The van der Waals surface area contributed by atoms with Crippen LogP contribution in [0.1, 0.15) is 22.6 Å². The Morgan fingerprint density at radius 3 is 2.69 bits per heavy atom. The minimum absolute atomic E-state index is 0.0975. The Morgan fingerprint density at radius 2 is 1.86 bits per heavy atom. The molecular formula is C24H16ClN3O. The third-order valence-electron chi connectivity index (χ3n) is 5.38. The molecule has 2 N–H and O–H groups in total. The van der Waals surface area contributed by atoms with Crippen molar-refractivity contribution in [1.29, 1.82) is 5.26 Å². The number of nitrogens with two attached hydrogens (primary N) is 1. The van der Waals surface area contributed by atoms with Gasteiger partial charge in [-0.15, -0.1) is 0 Å². The van der Waals surface area contributed by atoms with Gasteiger partial charge in [-0.05, 0) is 41.5 Å². The van der Waals surface area contributed by atoms with Gasteiger partial charge in [-0.25, -0.2) is 4.98 Å². The van der Waals surface area contributed by atoms with E-state index in [1.807, 2.05) is 67.6 Å². The number of halogens is 1. The smallest absolute Gasteiger partial charge is 0.205 e. The average molecular weight is 398 g/mol. The lowest BCUT2D eigenvalue weighted by Gasteiger charge is -2.28. The normalized spacial score (nSPS) is 15.8. The van der Waals surface area contributed by atoms with Crippen LogP contribution < -0.4 is 10.5 Å². The summed E-state index contributed by atoms with van der Waals surface area (Å²) in [6.45, 7) is 2.01. The number of hydrogen-bond acceptors (Lipinski definition) is 4. The first kappa shape index (κ1) is 17.5. The van der Waals surface area contributed by atoms with Crippen LogP contribution in [0, 0.1) is 18.3 Å². The van der Waals surface area contributed by atoms with Crippen molar-refractivity contribution in [2.75, 3.05) is 0 Å². The van der Waals surface area contributed by atoms with Gasteiger partial charge in [-0.2, -0.15) is 5.26 Å². The summed E-state index contributed by atoms with van der Waals surface area (Å²) in [7, 11) is 0. The topological polar surface area (TPSA) is 71.9 Å². The molecule has 140 valence electrons. The molecule has 4 aromatic rings. The molecule has 5 heteroatoms. The summed E-state index contributed by atoms with van der Waals surface area (Å²) in [5, 5.41) is 13.3. The molecule has 1 aromatic heterocycles. The molecule has 4 nitrogen and oxygen atoms in total. The number of aromatic nitrogens is 1. The van der Waals surface area contributed by atoms with Crippen LogP contribution in [-0.4, -0.2) is 4.98 Å². The van der Waals surface area contributed by atoms with E-state index in [9.17, 15) is 5.26 Å². The summed E-state index contributed by atoms with van der Waals surface area (Å²) in [6, 6.07) is 22.1. The first-order valence-corrected chi connectivity index (χ1v) is 9.60. The van der Waals surface area contributed by atoms with Crippen molar-refractivity contribution < 1.29 is 4.74 Å². The Morgan fingerprint density at radius 1 is 1.07 bits per heavy atom. The van der Waals surface area contributed by atoms with Gasteiger partial charge in [0, 0.05) is 16.5 Å². The SMILES string of the molecule is Cc1ccc2cc([C@@H]3C(C#N)=C(N)Oc4ccc5ccccc5c43)c(Cl)nc2c1. The molecule has 1 aliphatic rings. The quantitative estimate of drug-likeness (QED) is 0.426. The fraction of sp³-hybridized carbons (Fsp3) is 0.0833. The van der Waals surface area contributed by atoms with Crippen LogP contribution in [0.3, 0.4) is 0 Å². The van der Waals surface area contributed by atoms with Gasteiger partial charge in [0.25, 0.3) is 0 Å². The summed E-state index contributed by atoms with van der Waals surface area (Å²) in [5.41, 5.74) is 10.0. The molecule has 0 unspecified atom stereocenters. The molecule has 1 aliphatic heterocycles. The van der Waals surface area contributed by atoms with Crippen LogP contribution in [0.15, 0.2) is 72.1 Å². The molecule has 0 amide bonds. The Bertz CT molecular complexity index is 1380. The molecular weight excluding hydrogens is 382 g/mol. The zero-order valence-corrected chi connectivity index (χ0v) is 16.4. The van der Waals surface area contributed by atoms with E-state index in [0.29, 0.717) is 16.5 Å². The second-order valence-corrected chi connectivity index (χ2v) is 7.55. The third kappa shape index (κ3) is 2.71. The Balaban J connectivity index is 1.86. The van der Waals surface area contributed by atoms with Crippen molar-refractivity contribution >= 4 is 33.3 Å². The molecule has 29 heavy (non-hydrogen) atoms. The summed E-state index contributed by atoms with van der Waals surface area (Å²) in [5.74, 6) is 0.270. The van der Waals surface area contributed by atoms with Gasteiger partial charge in [0.05, 0.1) is 11.4 Å². The van der Waals surface area contributed by atoms with Crippen LogP contribution in [0.5, 0.6) is 5.75 Å². The molecule has 5 rings (SSSR count). The number of pyridine rings is 1. The van der Waals surface area contributed by atoms with Gasteiger partial charge in [-0.1, -0.05) is 54.1 Å². The number of rotatable bonds is 1. The van der Waals surface area contributed by atoms with Crippen LogP contribution in [0.4, 0.5) is 0 Å². The molecule has 2 heterocycles. The van der Waals surface area contributed by atoms with E-state index in [0.717, 1.165) is 38.4 Å². The summed E-state index contributed by atoms with van der Waals surface area (Å²) in [4.78, 5) is 4.61. The van der Waals surface area contributed by atoms with E-state index < -0.39 is 5.92 Å². The van der Waals surface area contributed by atoms with Gasteiger partial charge >= 0.3 is 0 Å². The number of hydrogen-bond donors (Lipinski definition) is 1. The van der Waals surface area contributed by atoms with Crippen LogP contribution in [0.25, 0.3) is 21.7 Å². The van der Waals surface area contributed by atoms with Gasteiger partial charge in [0.1, 0.15) is 22.5 Å². The van der Waals surface area contributed by atoms with Gasteiger partial charge < -0.3 is 10.5 Å². The van der Waals surface area contributed by atoms with Crippen molar-refractivity contribution in [3.63, 3.8) is 0 Å². The minimum Gasteiger partial charge on any atom is -0.440 e. The van der Waals surface area contributed by atoms with Crippen molar-refractivity contribution in [2.45, 2.75) is 12.8 Å².